The first-order valence-corrected chi connectivity index (χ1v) is 12.7. The fourth-order valence-corrected chi connectivity index (χ4v) is 3.84. The summed E-state index contributed by atoms with van der Waals surface area (Å²) in [6.07, 6.45) is 12.6. The molecule has 0 radical (unpaired) electrons. The molecule has 0 spiro atoms. The van der Waals surface area contributed by atoms with Crippen LogP contribution >= 0.6 is 0 Å². The van der Waals surface area contributed by atoms with Crippen molar-refractivity contribution in [3.8, 4) is 22.6 Å². The minimum Gasteiger partial charge on any atom is -0.494 e. The van der Waals surface area contributed by atoms with Gasteiger partial charge in [-0.15, -0.1) is 0 Å². The van der Waals surface area contributed by atoms with E-state index in [0.29, 0.717) is 18.8 Å². The summed E-state index contributed by atoms with van der Waals surface area (Å²) >= 11 is 0. The minimum absolute atomic E-state index is 0.00281. The predicted molar refractivity (Wildman–Crippen MR) is 129 cm³/mol. The van der Waals surface area contributed by atoms with Gasteiger partial charge in [0.25, 0.3) is 0 Å². The quantitative estimate of drug-likeness (QED) is 0.127. The summed E-state index contributed by atoms with van der Waals surface area (Å²) in [5, 5.41) is 0. The predicted octanol–water partition coefficient (Wildman–Crippen LogP) is 9.39. The average molecular weight is 483 g/mol. The van der Waals surface area contributed by atoms with Gasteiger partial charge in [0.05, 0.1) is 18.8 Å². The van der Waals surface area contributed by atoms with Crippen molar-refractivity contribution in [2.45, 2.75) is 90.9 Å². The first-order valence-electron chi connectivity index (χ1n) is 12.7. The van der Waals surface area contributed by atoms with Gasteiger partial charge >= 0.3 is 0 Å². The Morgan fingerprint density at radius 2 is 0.971 bits per heavy atom. The lowest BCUT2D eigenvalue weighted by Crippen LogP contribution is -2.07. The fourth-order valence-electron chi connectivity index (χ4n) is 3.84. The van der Waals surface area contributed by atoms with Crippen LogP contribution in [-0.2, 0) is 0 Å². The lowest BCUT2D eigenvalue weighted by Gasteiger charge is -2.14. The Balaban J connectivity index is 1.96. The molecule has 0 aliphatic rings. The van der Waals surface area contributed by atoms with Gasteiger partial charge in [-0.25, -0.2) is 8.78 Å². The summed E-state index contributed by atoms with van der Waals surface area (Å²) in [4.78, 5) is 0. The van der Waals surface area contributed by atoms with Crippen LogP contribution < -0.4 is 9.47 Å². The second kappa shape index (κ2) is 15.6. The van der Waals surface area contributed by atoms with E-state index in [0.717, 1.165) is 44.9 Å². The molecule has 34 heavy (non-hydrogen) atoms. The van der Waals surface area contributed by atoms with Gasteiger partial charge in [-0.3, -0.25) is 0 Å². The molecule has 0 aliphatic heterocycles. The van der Waals surface area contributed by atoms with Crippen LogP contribution in [0.1, 0.15) is 90.9 Å². The topological polar surface area (TPSA) is 18.5 Å². The Bertz CT molecular complexity index is 823. The SMILES string of the molecule is CCCCCCCCOc1ccc(-c2c(F)c(F)c(OCCCCCCCC)c(F)c2F)cc1. The van der Waals surface area contributed by atoms with Gasteiger partial charge in [0, 0.05) is 0 Å². The highest BCUT2D eigenvalue weighted by Gasteiger charge is 2.27. The minimum atomic E-state index is -1.51. The molecule has 2 aromatic rings. The number of ether oxygens (including phenoxy) is 2. The van der Waals surface area contributed by atoms with E-state index < -0.39 is 34.6 Å². The average Bonchev–Trinajstić information content (AvgIpc) is 2.84. The van der Waals surface area contributed by atoms with Crippen LogP contribution in [0.5, 0.6) is 11.5 Å². The van der Waals surface area contributed by atoms with Gasteiger partial charge in [-0.05, 0) is 30.5 Å². The third kappa shape index (κ3) is 8.52. The second-order valence-electron chi connectivity index (χ2n) is 8.72. The molecule has 0 N–H and O–H groups in total. The van der Waals surface area contributed by atoms with Crippen LogP contribution in [-0.4, -0.2) is 13.2 Å². The first-order chi connectivity index (χ1) is 16.5. The first kappa shape index (κ1) is 28.0. The number of halogens is 4. The summed E-state index contributed by atoms with van der Waals surface area (Å²) in [6, 6.07) is 5.88. The monoisotopic (exact) mass is 482 g/mol. The van der Waals surface area contributed by atoms with Crippen LogP contribution in [0.4, 0.5) is 17.6 Å². The van der Waals surface area contributed by atoms with Crippen LogP contribution in [0.3, 0.4) is 0 Å². The van der Waals surface area contributed by atoms with Gasteiger partial charge in [-0.1, -0.05) is 90.2 Å². The lowest BCUT2D eigenvalue weighted by molar-refractivity contribution is 0.264. The van der Waals surface area contributed by atoms with Crippen molar-refractivity contribution in [2.24, 2.45) is 0 Å². The highest BCUT2D eigenvalue weighted by atomic mass is 19.2. The molecule has 0 bridgehead atoms. The molecule has 0 aromatic heterocycles. The number of hydrogen-bond donors (Lipinski definition) is 0. The smallest absolute Gasteiger partial charge is 0.204 e. The summed E-state index contributed by atoms with van der Waals surface area (Å²) in [5.74, 6) is -6.40. The molecule has 0 saturated carbocycles. The van der Waals surface area contributed by atoms with Crippen molar-refractivity contribution in [3.63, 3.8) is 0 Å². The molecule has 2 aromatic carbocycles. The zero-order valence-electron chi connectivity index (χ0n) is 20.5. The second-order valence-corrected chi connectivity index (χ2v) is 8.72. The number of benzene rings is 2. The third-order valence-corrected chi connectivity index (χ3v) is 5.88. The molecule has 2 rings (SSSR count). The zero-order chi connectivity index (χ0) is 24.8. The van der Waals surface area contributed by atoms with E-state index in [-0.39, 0.29) is 12.2 Å². The van der Waals surface area contributed by atoms with Crippen molar-refractivity contribution in [1.82, 2.24) is 0 Å². The van der Waals surface area contributed by atoms with E-state index in [1.807, 2.05) is 0 Å². The molecule has 0 aliphatic carbocycles. The Kier molecular flexibility index (Phi) is 12.9. The van der Waals surface area contributed by atoms with Crippen LogP contribution in [0.15, 0.2) is 24.3 Å². The number of rotatable bonds is 17. The van der Waals surface area contributed by atoms with Gasteiger partial charge < -0.3 is 9.47 Å². The summed E-state index contributed by atoms with van der Waals surface area (Å²) < 4.78 is 69.2. The fraction of sp³-hybridized carbons (Fsp3) is 0.571. The molecule has 0 amide bonds. The Labute approximate surface area is 201 Å². The highest BCUT2D eigenvalue weighted by Crippen LogP contribution is 2.36. The van der Waals surface area contributed by atoms with Crippen molar-refractivity contribution in [3.05, 3.63) is 47.5 Å². The molecule has 0 unspecified atom stereocenters. The molecule has 0 saturated heterocycles. The summed E-state index contributed by atoms with van der Waals surface area (Å²) in [6.45, 7) is 4.83. The maximum Gasteiger partial charge on any atom is 0.204 e. The summed E-state index contributed by atoms with van der Waals surface area (Å²) in [5.41, 5.74) is -0.716. The zero-order valence-corrected chi connectivity index (χ0v) is 20.5. The van der Waals surface area contributed by atoms with Gasteiger partial charge in [0.1, 0.15) is 5.75 Å². The standard InChI is InChI=1S/C28H38F4O2/c1-3-5-7-9-11-13-19-33-22-17-15-21(16-18-22)23-24(29)26(31)28(27(32)25(23)30)34-20-14-12-10-8-6-4-2/h15-18H,3-14,19-20H2,1-2H3. The van der Waals surface area contributed by atoms with Crippen LogP contribution in [0.25, 0.3) is 11.1 Å². The van der Waals surface area contributed by atoms with E-state index in [1.165, 1.54) is 37.8 Å². The molecule has 0 atom stereocenters. The lowest BCUT2D eigenvalue weighted by atomic mass is 10.0. The molecule has 6 heteroatoms. The third-order valence-electron chi connectivity index (χ3n) is 5.88. The maximum absolute atomic E-state index is 14.7. The van der Waals surface area contributed by atoms with E-state index in [4.69, 9.17) is 9.47 Å². The summed E-state index contributed by atoms with van der Waals surface area (Å²) in [7, 11) is 0. The van der Waals surface area contributed by atoms with Crippen molar-refractivity contribution < 1.29 is 27.0 Å². The molecule has 2 nitrogen and oxygen atoms in total. The molecular formula is C28H38F4O2. The van der Waals surface area contributed by atoms with Crippen LogP contribution in [0.2, 0.25) is 0 Å². The number of unbranched alkanes of at least 4 members (excludes halogenated alkanes) is 10. The molecular weight excluding hydrogens is 444 g/mol. The Hall–Kier alpha value is -2.24. The number of hydrogen-bond acceptors (Lipinski definition) is 2. The molecule has 0 heterocycles. The van der Waals surface area contributed by atoms with Gasteiger partial charge in [0.15, 0.2) is 17.4 Å². The van der Waals surface area contributed by atoms with Gasteiger partial charge in [0.2, 0.25) is 11.6 Å². The van der Waals surface area contributed by atoms with Gasteiger partial charge in [-0.2, -0.15) is 8.78 Å². The van der Waals surface area contributed by atoms with Crippen LogP contribution in [0, 0.1) is 23.3 Å². The van der Waals surface area contributed by atoms with Crippen molar-refractivity contribution in [1.29, 1.82) is 0 Å². The normalized spacial score (nSPS) is 11.1. The maximum atomic E-state index is 14.7. The Morgan fingerprint density at radius 3 is 1.47 bits per heavy atom. The molecule has 190 valence electrons. The Morgan fingerprint density at radius 1 is 0.529 bits per heavy atom. The van der Waals surface area contributed by atoms with E-state index in [9.17, 15) is 17.6 Å². The van der Waals surface area contributed by atoms with E-state index in [2.05, 4.69) is 13.8 Å². The highest BCUT2D eigenvalue weighted by molar-refractivity contribution is 5.67. The largest absolute Gasteiger partial charge is 0.494 e. The molecule has 0 fully saturated rings. The van der Waals surface area contributed by atoms with Crippen molar-refractivity contribution >= 4 is 0 Å². The van der Waals surface area contributed by atoms with Crippen molar-refractivity contribution in [2.75, 3.05) is 13.2 Å². The van der Waals surface area contributed by atoms with E-state index >= 15 is 0 Å². The van der Waals surface area contributed by atoms with E-state index in [1.54, 1.807) is 12.1 Å².